The minimum atomic E-state index is 0.0870. The van der Waals surface area contributed by atoms with E-state index in [1.165, 1.54) is 5.56 Å². The molecule has 1 heterocycles. The van der Waals surface area contributed by atoms with Gasteiger partial charge in [-0.1, -0.05) is 43.3 Å². The minimum Gasteiger partial charge on any atom is -0.308 e. The van der Waals surface area contributed by atoms with Gasteiger partial charge in [0.15, 0.2) is 0 Å². The van der Waals surface area contributed by atoms with Crippen LogP contribution in [0.25, 0.3) is 0 Å². The molecule has 4 heteroatoms. The zero-order valence-electron chi connectivity index (χ0n) is 10.5. The first-order valence-electron chi connectivity index (χ1n) is 5.37. The van der Waals surface area contributed by atoms with Crippen LogP contribution in [0.15, 0.2) is 17.3 Å². The van der Waals surface area contributed by atoms with E-state index >= 15 is 0 Å². The molecule has 16 heavy (non-hydrogen) atoms. The molecule has 0 unspecified atom stereocenters. The second kappa shape index (κ2) is 5.15. The summed E-state index contributed by atoms with van der Waals surface area (Å²) in [5.74, 6) is 0. The topological polar surface area (TPSA) is 29.9 Å². The third-order valence-electron chi connectivity index (χ3n) is 2.25. The predicted octanol–water partition coefficient (Wildman–Crippen LogP) is 2.72. The number of hydrogen-bond acceptors (Lipinski definition) is 2. The maximum Gasteiger partial charge on any atom is 0.0722 e. The molecule has 0 aliphatic carbocycles. The van der Waals surface area contributed by atoms with Gasteiger partial charge in [0.1, 0.15) is 0 Å². The average molecular weight is 286 g/mol. The monoisotopic (exact) mass is 285 g/mol. The number of aromatic nitrogens is 2. The molecule has 1 aromatic rings. The Bertz CT molecular complexity index is 374. The van der Waals surface area contributed by atoms with Gasteiger partial charge in [-0.25, -0.2) is 0 Å². The number of nitrogens with one attached hydrogen (secondary N) is 1. The van der Waals surface area contributed by atoms with Crippen molar-refractivity contribution in [2.75, 3.05) is 6.54 Å². The quantitative estimate of drug-likeness (QED) is 0.922. The Hall–Kier alpha value is -0.610. The summed E-state index contributed by atoms with van der Waals surface area (Å²) in [6, 6.07) is 0. The summed E-state index contributed by atoms with van der Waals surface area (Å²) in [7, 11) is 1.96. The Labute approximate surface area is 106 Å². The van der Waals surface area contributed by atoms with Crippen LogP contribution in [0.5, 0.6) is 0 Å². The summed E-state index contributed by atoms with van der Waals surface area (Å²) >= 11 is 3.33. The van der Waals surface area contributed by atoms with Gasteiger partial charge in [0.2, 0.25) is 0 Å². The van der Waals surface area contributed by atoms with Gasteiger partial charge in [-0.05, 0) is 0 Å². The van der Waals surface area contributed by atoms with Crippen LogP contribution in [0.4, 0.5) is 0 Å². The van der Waals surface area contributed by atoms with Crippen molar-refractivity contribution in [3.63, 3.8) is 0 Å². The fraction of sp³-hybridized carbons (Fsp3) is 0.583. The maximum absolute atomic E-state index is 4.52. The molecule has 90 valence electrons. The molecule has 0 spiro atoms. The molecule has 0 bridgehead atoms. The lowest BCUT2D eigenvalue weighted by atomic mass is 9.89. The van der Waals surface area contributed by atoms with Crippen LogP contribution in [-0.4, -0.2) is 16.3 Å². The van der Waals surface area contributed by atoms with Crippen molar-refractivity contribution in [1.82, 2.24) is 15.1 Å². The molecule has 3 nitrogen and oxygen atoms in total. The normalized spacial score (nSPS) is 11.8. The van der Waals surface area contributed by atoms with E-state index in [2.05, 4.69) is 59.9 Å². The van der Waals surface area contributed by atoms with Gasteiger partial charge >= 0.3 is 0 Å². The van der Waals surface area contributed by atoms with E-state index in [9.17, 15) is 0 Å². The highest BCUT2D eigenvalue weighted by Gasteiger charge is 2.21. The van der Waals surface area contributed by atoms with Crippen LogP contribution in [0, 0.1) is 0 Å². The van der Waals surface area contributed by atoms with Gasteiger partial charge < -0.3 is 5.32 Å². The number of nitrogens with zero attached hydrogens (tertiary/aromatic N) is 2. The first-order valence-corrected chi connectivity index (χ1v) is 6.17. The zero-order chi connectivity index (χ0) is 12.3. The lowest BCUT2D eigenvalue weighted by Gasteiger charge is -2.17. The van der Waals surface area contributed by atoms with Gasteiger partial charge in [0.25, 0.3) is 0 Å². The number of aryl methyl sites for hydroxylation is 1. The molecule has 0 aromatic carbocycles. The molecule has 0 aliphatic heterocycles. The molecule has 0 amide bonds. The lowest BCUT2D eigenvalue weighted by molar-refractivity contribution is 0.545. The highest BCUT2D eigenvalue weighted by Crippen LogP contribution is 2.23. The van der Waals surface area contributed by atoms with E-state index in [0.29, 0.717) is 0 Å². The third-order valence-corrected chi connectivity index (χ3v) is 2.53. The Balaban J connectivity index is 2.75. The molecular formula is C12H20BrN3. The van der Waals surface area contributed by atoms with E-state index in [1.54, 1.807) is 0 Å². The van der Waals surface area contributed by atoms with Gasteiger partial charge in [-0.3, -0.25) is 4.68 Å². The Morgan fingerprint density at radius 1 is 1.56 bits per heavy atom. The van der Waals surface area contributed by atoms with Crippen LogP contribution in [0.1, 0.15) is 32.0 Å². The first kappa shape index (κ1) is 13.5. The summed E-state index contributed by atoms with van der Waals surface area (Å²) in [6.45, 7) is 11.9. The van der Waals surface area contributed by atoms with Gasteiger partial charge in [0.05, 0.1) is 5.69 Å². The van der Waals surface area contributed by atoms with Crippen molar-refractivity contribution in [2.45, 2.75) is 32.7 Å². The molecule has 0 radical (unpaired) electrons. The van der Waals surface area contributed by atoms with Crippen molar-refractivity contribution >= 4 is 15.9 Å². The second-order valence-corrected chi connectivity index (χ2v) is 6.17. The number of halogens is 1. The summed E-state index contributed by atoms with van der Waals surface area (Å²) in [5.41, 5.74) is 2.50. The predicted molar refractivity (Wildman–Crippen MR) is 71.7 cm³/mol. The summed E-state index contributed by atoms with van der Waals surface area (Å²) < 4.78 is 2.84. The highest BCUT2D eigenvalue weighted by atomic mass is 79.9. The molecule has 0 atom stereocenters. The molecule has 0 saturated heterocycles. The van der Waals surface area contributed by atoms with Crippen LogP contribution < -0.4 is 5.32 Å². The summed E-state index contributed by atoms with van der Waals surface area (Å²) in [5, 5.41) is 7.85. The van der Waals surface area contributed by atoms with E-state index in [4.69, 9.17) is 0 Å². The van der Waals surface area contributed by atoms with E-state index in [-0.39, 0.29) is 5.41 Å². The lowest BCUT2D eigenvalue weighted by Crippen LogP contribution is -2.19. The van der Waals surface area contributed by atoms with E-state index in [0.717, 1.165) is 23.3 Å². The zero-order valence-corrected chi connectivity index (χ0v) is 12.1. The van der Waals surface area contributed by atoms with Gasteiger partial charge in [-0.2, -0.15) is 5.10 Å². The van der Waals surface area contributed by atoms with E-state index < -0.39 is 0 Å². The van der Waals surface area contributed by atoms with Gasteiger partial charge in [0, 0.05) is 41.8 Å². The SMILES string of the molecule is C=C(Br)CNCc1cn(C)nc1C(C)(C)C. The molecule has 1 N–H and O–H groups in total. The van der Waals surface area contributed by atoms with Crippen molar-refractivity contribution in [2.24, 2.45) is 7.05 Å². The largest absolute Gasteiger partial charge is 0.308 e. The van der Waals surface area contributed by atoms with Crippen LogP contribution >= 0.6 is 15.9 Å². The molecule has 0 saturated carbocycles. The van der Waals surface area contributed by atoms with Crippen molar-refractivity contribution in [1.29, 1.82) is 0 Å². The number of rotatable bonds is 4. The van der Waals surface area contributed by atoms with Gasteiger partial charge in [-0.15, -0.1) is 0 Å². The fourth-order valence-corrected chi connectivity index (χ4v) is 1.83. The van der Waals surface area contributed by atoms with Crippen molar-refractivity contribution < 1.29 is 0 Å². The van der Waals surface area contributed by atoms with E-state index in [1.807, 2.05) is 11.7 Å². The molecule has 0 fully saturated rings. The fourth-order valence-electron chi connectivity index (χ4n) is 1.63. The Kier molecular flexibility index (Phi) is 4.33. The second-order valence-electron chi connectivity index (χ2n) is 5.05. The smallest absolute Gasteiger partial charge is 0.0722 e. The van der Waals surface area contributed by atoms with Crippen molar-refractivity contribution in [3.8, 4) is 0 Å². The van der Waals surface area contributed by atoms with Crippen LogP contribution in [-0.2, 0) is 19.0 Å². The summed E-state index contributed by atoms with van der Waals surface area (Å²) in [4.78, 5) is 0. The van der Waals surface area contributed by atoms with Crippen LogP contribution in [0.3, 0.4) is 0 Å². The molecular weight excluding hydrogens is 266 g/mol. The van der Waals surface area contributed by atoms with Crippen molar-refractivity contribution in [3.05, 3.63) is 28.5 Å². The summed E-state index contributed by atoms with van der Waals surface area (Å²) in [6.07, 6.45) is 2.07. The molecule has 0 aliphatic rings. The minimum absolute atomic E-state index is 0.0870. The Morgan fingerprint density at radius 3 is 2.69 bits per heavy atom. The third kappa shape index (κ3) is 3.76. The maximum atomic E-state index is 4.52. The molecule has 1 rings (SSSR count). The highest BCUT2D eigenvalue weighted by molar-refractivity contribution is 9.11. The standard InChI is InChI=1S/C12H20BrN3/c1-9(13)6-14-7-10-8-16(5)15-11(10)12(2,3)4/h8,14H,1,6-7H2,2-5H3. The first-order chi connectivity index (χ1) is 7.30. The Morgan fingerprint density at radius 2 is 2.19 bits per heavy atom. The van der Waals surface area contributed by atoms with Crippen LogP contribution in [0.2, 0.25) is 0 Å². The average Bonchev–Trinajstić information content (AvgIpc) is 2.45. The number of hydrogen-bond donors (Lipinski definition) is 1. The molecule has 1 aromatic heterocycles.